The van der Waals surface area contributed by atoms with Gasteiger partial charge in [-0.3, -0.25) is 10.1 Å². The van der Waals surface area contributed by atoms with Crippen LogP contribution in [0.2, 0.25) is 0 Å². The largest absolute Gasteiger partial charge is 0.475 e. The Kier molecular flexibility index (Phi) is 5.38. The molecule has 1 unspecified atom stereocenters. The molecule has 1 atom stereocenters. The minimum Gasteiger partial charge on any atom is -0.475 e. The third-order valence-corrected chi connectivity index (χ3v) is 2.40. The molecule has 0 aliphatic carbocycles. The van der Waals surface area contributed by atoms with Crippen molar-refractivity contribution in [2.24, 2.45) is 0 Å². The monoisotopic (exact) mass is 254 g/mol. The molecule has 1 aromatic rings. The predicted octanol–water partition coefficient (Wildman–Crippen LogP) is 0.982. The molecule has 6 nitrogen and oxygen atoms in total. The summed E-state index contributed by atoms with van der Waals surface area (Å²) in [6, 6.07) is 2.61. The summed E-state index contributed by atoms with van der Waals surface area (Å²) in [4.78, 5) is 22.1. The Morgan fingerprint density at radius 1 is 1.44 bits per heavy atom. The highest BCUT2D eigenvalue weighted by molar-refractivity contribution is 5.84. The van der Waals surface area contributed by atoms with Crippen LogP contribution in [0.3, 0.4) is 0 Å². The average Bonchev–Trinajstić information content (AvgIpc) is 2.81. The molecule has 0 fully saturated rings. The van der Waals surface area contributed by atoms with Crippen molar-refractivity contribution in [2.45, 2.75) is 32.9 Å². The van der Waals surface area contributed by atoms with E-state index in [9.17, 15) is 9.59 Å². The highest BCUT2D eigenvalue weighted by atomic mass is 16.4. The van der Waals surface area contributed by atoms with E-state index >= 15 is 0 Å². The van der Waals surface area contributed by atoms with E-state index in [0.29, 0.717) is 18.8 Å². The Bertz CT molecular complexity index is 414. The van der Waals surface area contributed by atoms with Crippen molar-refractivity contribution in [3.05, 3.63) is 23.7 Å². The van der Waals surface area contributed by atoms with Gasteiger partial charge >= 0.3 is 5.97 Å². The van der Waals surface area contributed by atoms with Crippen molar-refractivity contribution in [2.75, 3.05) is 6.54 Å². The molecule has 0 saturated carbocycles. The molecule has 0 spiro atoms. The first-order chi connectivity index (χ1) is 8.54. The van der Waals surface area contributed by atoms with Crippen LogP contribution in [0, 0.1) is 0 Å². The molecule has 0 aliphatic rings. The summed E-state index contributed by atoms with van der Waals surface area (Å²) in [5.41, 5.74) is 0. The van der Waals surface area contributed by atoms with E-state index < -0.39 is 5.97 Å². The molecule has 0 aliphatic heterocycles. The molecule has 0 saturated heterocycles. The second kappa shape index (κ2) is 6.80. The lowest BCUT2D eigenvalue weighted by molar-refractivity contribution is -0.122. The molecule has 3 N–H and O–H groups in total. The molecule has 0 radical (unpaired) electrons. The fourth-order valence-electron chi connectivity index (χ4n) is 1.34. The van der Waals surface area contributed by atoms with Crippen molar-refractivity contribution < 1.29 is 19.1 Å². The minimum absolute atomic E-state index is 0.0816. The zero-order valence-corrected chi connectivity index (χ0v) is 10.5. The van der Waals surface area contributed by atoms with Crippen molar-refractivity contribution in [3.8, 4) is 0 Å². The first-order valence-electron chi connectivity index (χ1n) is 5.87. The average molecular weight is 254 g/mol. The van der Waals surface area contributed by atoms with E-state index in [1.165, 1.54) is 6.07 Å². The molecule has 6 heteroatoms. The fraction of sp³-hybridized carbons (Fsp3) is 0.500. The van der Waals surface area contributed by atoms with E-state index in [-0.39, 0.29) is 17.7 Å². The lowest BCUT2D eigenvalue weighted by atomic mass is 10.3. The van der Waals surface area contributed by atoms with Crippen LogP contribution in [0.25, 0.3) is 0 Å². The van der Waals surface area contributed by atoms with Crippen molar-refractivity contribution in [3.63, 3.8) is 0 Å². The van der Waals surface area contributed by atoms with Gasteiger partial charge in [0.1, 0.15) is 5.76 Å². The Morgan fingerprint density at radius 3 is 2.72 bits per heavy atom. The fourth-order valence-corrected chi connectivity index (χ4v) is 1.34. The highest BCUT2D eigenvalue weighted by Gasteiger charge is 2.13. The number of furan rings is 1. The summed E-state index contributed by atoms with van der Waals surface area (Å²) in [5, 5.41) is 14.4. The van der Waals surface area contributed by atoms with Gasteiger partial charge in [0.2, 0.25) is 11.7 Å². The van der Waals surface area contributed by atoms with Gasteiger partial charge in [0.15, 0.2) is 0 Å². The standard InChI is InChI=1S/C12H18N2O4/c1-3-6-13-11(15)8(2)14-7-9-4-5-10(18-9)12(16)17/h4-5,8,14H,3,6-7H2,1-2H3,(H,13,15)(H,16,17). The van der Waals surface area contributed by atoms with Crippen molar-refractivity contribution in [1.82, 2.24) is 10.6 Å². The smallest absolute Gasteiger partial charge is 0.371 e. The highest BCUT2D eigenvalue weighted by Crippen LogP contribution is 2.07. The van der Waals surface area contributed by atoms with Gasteiger partial charge in [-0.2, -0.15) is 0 Å². The zero-order valence-electron chi connectivity index (χ0n) is 10.5. The van der Waals surface area contributed by atoms with Gasteiger partial charge < -0.3 is 14.8 Å². The topological polar surface area (TPSA) is 91.6 Å². The van der Waals surface area contributed by atoms with Crippen molar-refractivity contribution in [1.29, 1.82) is 0 Å². The number of hydrogen-bond acceptors (Lipinski definition) is 4. The molecule has 0 bridgehead atoms. The molecule has 18 heavy (non-hydrogen) atoms. The van der Waals surface area contributed by atoms with E-state index in [4.69, 9.17) is 9.52 Å². The van der Waals surface area contributed by atoms with Crippen LogP contribution >= 0.6 is 0 Å². The van der Waals surface area contributed by atoms with Gasteiger partial charge in [-0.15, -0.1) is 0 Å². The summed E-state index contributed by atoms with van der Waals surface area (Å²) in [7, 11) is 0. The number of carboxylic acid groups (broad SMARTS) is 1. The zero-order chi connectivity index (χ0) is 13.5. The maximum atomic E-state index is 11.5. The number of rotatable bonds is 7. The van der Waals surface area contributed by atoms with Crippen LogP contribution in [0.1, 0.15) is 36.6 Å². The van der Waals surface area contributed by atoms with Crippen LogP contribution in [0.5, 0.6) is 0 Å². The number of amides is 1. The van der Waals surface area contributed by atoms with Crippen LogP contribution in [0.15, 0.2) is 16.5 Å². The van der Waals surface area contributed by atoms with Gasteiger partial charge in [0.05, 0.1) is 12.6 Å². The molecule has 0 aromatic carbocycles. The SMILES string of the molecule is CCCNC(=O)C(C)NCc1ccc(C(=O)O)o1. The predicted molar refractivity (Wildman–Crippen MR) is 65.3 cm³/mol. The van der Waals surface area contributed by atoms with Gasteiger partial charge in [0.25, 0.3) is 0 Å². The Labute approximate surface area is 105 Å². The third-order valence-electron chi connectivity index (χ3n) is 2.40. The van der Waals surface area contributed by atoms with Crippen LogP contribution in [-0.2, 0) is 11.3 Å². The van der Waals surface area contributed by atoms with E-state index in [1.54, 1.807) is 13.0 Å². The molecule has 1 heterocycles. The Morgan fingerprint density at radius 2 is 2.17 bits per heavy atom. The Hall–Kier alpha value is -1.82. The maximum absolute atomic E-state index is 11.5. The molecular formula is C12H18N2O4. The summed E-state index contributed by atoms with van der Waals surface area (Å²) in [6.45, 7) is 4.68. The number of carbonyl (C=O) groups excluding carboxylic acids is 1. The number of aromatic carboxylic acids is 1. The lowest BCUT2D eigenvalue weighted by Crippen LogP contribution is -2.42. The second-order valence-electron chi connectivity index (χ2n) is 3.96. The van der Waals surface area contributed by atoms with Crippen LogP contribution in [-0.4, -0.2) is 29.6 Å². The first kappa shape index (κ1) is 14.2. The molecule has 1 aromatic heterocycles. The first-order valence-corrected chi connectivity index (χ1v) is 5.87. The van der Waals surface area contributed by atoms with Crippen molar-refractivity contribution >= 4 is 11.9 Å². The second-order valence-corrected chi connectivity index (χ2v) is 3.96. The number of hydrogen-bond donors (Lipinski definition) is 3. The number of carbonyl (C=O) groups is 2. The third kappa shape index (κ3) is 4.21. The van der Waals surface area contributed by atoms with Gasteiger partial charge in [-0.05, 0) is 25.5 Å². The summed E-state index contributed by atoms with van der Waals surface area (Å²) in [6.07, 6.45) is 0.888. The number of carboxylic acids is 1. The quantitative estimate of drug-likeness (QED) is 0.674. The van der Waals surface area contributed by atoms with Crippen LogP contribution in [0.4, 0.5) is 0 Å². The lowest BCUT2D eigenvalue weighted by Gasteiger charge is -2.12. The van der Waals surface area contributed by atoms with E-state index in [1.807, 2.05) is 6.92 Å². The van der Waals surface area contributed by atoms with E-state index in [0.717, 1.165) is 6.42 Å². The number of nitrogens with one attached hydrogen (secondary N) is 2. The summed E-state index contributed by atoms with van der Waals surface area (Å²) in [5.74, 6) is -0.797. The van der Waals surface area contributed by atoms with Gasteiger partial charge in [0, 0.05) is 6.54 Å². The van der Waals surface area contributed by atoms with E-state index in [2.05, 4.69) is 10.6 Å². The van der Waals surface area contributed by atoms with Gasteiger partial charge in [-0.1, -0.05) is 6.92 Å². The molecule has 100 valence electrons. The molecule has 1 amide bonds. The normalized spacial score (nSPS) is 12.1. The van der Waals surface area contributed by atoms with Gasteiger partial charge in [-0.25, -0.2) is 4.79 Å². The Balaban J connectivity index is 2.39. The molecular weight excluding hydrogens is 236 g/mol. The van der Waals surface area contributed by atoms with Crippen LogP contribution < -0.4 is 10.6 Å². The summed E-state index contributed by atoms with van der Waals surface area (Å²) >= 11 is 0. The minimum atomic E-state index is -1.10. The summed E-state index contributed by atoms with van der Waals surface area (Å²) < 4.78 is 5.06. The molecule has 1 rings (SSSR count). The maximum Gasteiger partial charge on any atom is 0.371 e.